The maximum Gasteiger partial charge on any atom is 0.208 e. The third kappa shape index (κ3) is 5.39. The lowest BCUT2D eigenvalue weighted by Gasteiger charge is -2.18. The number of benzene rings is 2. The van der Waals surface area contributed by atoms with Crippen LogP contribution in [0.3, 0.4) is 0 Å². The summed E-state index contributed by atoms with van der Waals surface area (Å²) in [6.45, 7) is 9.56. The standard InChI is InChI=1S/C31H30N4OS/c1-21(17-22-10-12-24(13-11-22)31(2,3)4)19-33-25-8-5-7-23(18-25)27-14-15-32-30-26(20-34-35(27)30)29(36)28-9-6-16-37-28/h5-18,20,33H,19H2,1-4H3/b21-17+. The summed E-state index contributed by atoms with van der Waals surface area (Å²) in [5.74, 6) is -0.0552. The van der Waals surface area contributed by atoms with Gasteiger partial charge >= 0.3 is 0 Å². The Labute approximate surface area is 221 Å². The van der Waals surface area contributed by atoms with Crippen molar-refractivity contribution in [2.45, 2.75) is 33.1 Å². The van der Waals surface area contributed by atoms with Gasteiger partial charge < -0.3 is 5.32 Å². The molecule has 0 saturated carbocycles. The minimum atomic E-state index is -0.0552. The van der Waals surface area contributed by atoms with Gasteiger partial charge in [-0.05, 0) is 53.1 Å². The molecule has 5 nitrogen and oxygen atoms in total. The third-order valence-corrected chi connectivity index (χ3v) is 7.18. The summed E-state index contributed by atoms with van der Waals surface area (Å²) in [7, 11) is 0. The van der Waals surface area contributed by atoms with Crippen molar-refractivity contribution in [2.24, 2.45) is 0 Å². The summed E-state index contributed by atoms with van der Waals surface area (Å²) >= 11 is 1.42. The fraction of sp³-hybridized carbons (Fsp3) is 0.194. The van der Waals surface area contributed by atoms with E-state index in [1.54, 1.807) is 16.9 Å². The van der Waals surface area contributed by atoms with Crippen molar-refractivity contribution in [2.75, 3.05) is 11.9 Å². The Morgan fingerprint density at radius 2 is 1.86 bits per heavy atom. The van der Waals surface area contributed by atoms with Gasteiger partial charge in [0, 0.05) is 24.0 Å². The molecule has 0 atom stereocenters. The molecule has 37 heavy (non-hydrogen) atoms. The van der Waals surface area contributed by atoms with Gasteiger partial charge in [0.25, 0.3) is 0 Å². The number of hydrogen-bond acceptors (Lipinski definition) is 5. The van der Waals surface area contributed by atoms with Gasteiger partial charge in [-0.15, -0.1) is 11.3 Å². The van der Waals surface area contributed by atoms with Crippen LogP contribution in [0, 0.1) is 0 Å². The molecule has 186 valence electrons. The number of hydrogen-bond donors (Lipinski definition) is 1. The van der Waals surface area contributed by atoms with Crippen LogP contribution in [-0.2, 0) is 5.41 Å². The Balaban J connectivity index is 1.34. The van der Waals surface area contributed by atoms with E-state index in [1.165, 1.54) is 28.0 Å². The molecule has 2 aromatic carbocycles. The van der Waals surface area contributed by atoms with Gasteiger partial charge in [0.1, 0.15) is 0 Å². The van der Waals surface area contributed by atoms with Crippen molar-refractivity contribution < 1.29 is 4.79 Å². The van der Waals surface area contributed by atoms with Gasteiger partial charge in [-0.3, -0.25) is 4.79 Å². The number of carbonyl (C=O) groups is 1. The highest BCUT2D eigenvalue weighted by Crippen LogP contribution is 2.26. The van der Waals surface area contributed by atoms with Crippen molar-refractivity contribution in [3.8, 4) is 11.3 Å². The Morgan fingerprint density at radius 1 is 1.05 bits per heavy atom. The number of fused-ring (bicyclic) bond motifs is 1. The molecule has 0 bridgehead atoms. The first kappa shape index (κ1) is 24.7. The highest BCUT2D eigenvalue weighted by molar-refractivity contribution is 7.12. The molecule has 0 aliphatic carbocycles. The SMILES string of the molecule is C/C(=C\c1ccc(C(C)(C)C)cc1)CNc1cccc(-c2ccnc3c(C(=O)c4cccs4)cnn23)c1. The van der Waals surface area contributed by atoms with Crippen LogP contribution in [-0.4, -0.2) is 26.9 Å². The van der Waals surface area contributed by atoms with E-state index in [1.807, 2.05) is 35.7 Å². The van der Waals surface area contributed by atoms with Gasteiger partial charge in [0.2, 0.25) is 5.78 Å². The number of nitrogens with zero attached hydrogens (tertiary/aromatic N) is 3. The minimum Gasteiger partial charge on any atom is -0.381 e. The average molecular weight is 507 g/mol. The Kier molecular flexibility index (Phi) is 6.76. The quantitative estimate of drug-likeness (QED) is 0.232. The zero-order valence-electron chi connectivity index (χ0n) is 21.5. The fourth-order valence-corrected chi connectivity index (χ4v) is 4.93. The van der Waals surface area contributed by atoms with Crippen LogP contribution in [0.25, 0.3) is 23.0 Å². The van der Waals surface area contributed by atoms with Crippen LogP contribution in [0.2, 0.25) is 0 Å². The molecule has 5 rings (SSSR count). The first-order valence-electron chi connectivity index (χ1n) is 12.3. The van der Waals surface area contributed by atoms with Gasteiger partial charge in [-0.1, -0.05) is 74.9 Å². The topological polar surface area (TPSA) is 59.3 Å². The number of thiophene rings is 1. The molecule has 3 heterocycles. The molecule has 0 aliphatic heterocycles. The lowest BCUT2D eigenvalue weighted by molar-refractivity contribution is 0.104. The van der Waals surface area contributed by atoms with Crippen LogP contribution >= 0.6 is 11.3 Å². The van der Waals surface area contributed by atoms with Gasteiger partial charge in [0.15, 0.2) is 5.65 Å². The second-order valence-electron chi connectivity index (χ2n) is 10.2. The van der Waals surface area contributed by atoms with E-state index < -0.39 is 0 Å². The molecule has 0 aliphatic rings. The molecule has 0 unspecified atom stereocenters. The number of nitrogens with one attached hydrogen (secondary N) is 1. The van der Waals surface area contributed by atoms with Crippen molar-refractivity contribution in [1.82, 2.24) is 14.6 Å². The summed E-state index contributed by atoms with van der Waals surface area (Å²) in [5, 5.41) is 9.94. The Bertz CT molecular complexity index is 1570. The smallest absolute Gasteiger partial charge is 0.208 e. The first-order chi connectivity index (χ1) is 17.8. The lowest BCUT2D eigenvalue weighted by Crippen LogP contribution is -2.10. The van der Waals surface area contributed by atoms with Crippen molar-refractivity contribution in [3.63, 3.8) is 0 Å². The van der Waals surface area contributed by atoms with E-state index in [4.69, 9.17) is 0 Å². The molecule has 5 aromatic rings. The molecule has 0 spiro atoms. The Morgan fingerprint density at radius 3 is 2.59 bits per heavy atom. The third-order valence-electron chi connectivity index (χ3n) is 6.31. The molecular formula is C31H30N4OS. The van der Waals surface area contributed by atoms with Crippen LogP contribution < -0.4 is 5.32 Å². The summed E-state index contributed by atoms with van der Waals surface area (Å²) in [6, 6.07) is 22.6. The number of rotatable bonds is 7. The maximum absolute atomic E-state index is 12.9. The lowest BCUT2D eigenvalue weighted by atomic mass is 9.86. The highest BCUT2D eigenvalue weighted by atomic mass is 32.1. The van der Waals surface area contributed by atoms with E-state index >= 15 is 0 Å². The second kappa shape index (κ2) is 10.1. The number of aromatic nitrogens is 3. The Hall–Kier alpha value is -4.03. The molecule has 0 fully saturated rings. The van der Waals surface area contributed by atoms with E-state index in [9.17, 15) is 4.79 Å². The zero-order chi connectivity index (χ0) is 26.0. The molecule has 1 N–H and O–H groups in total. The predicted octanol–water partition coefficient (Wildman–Crippen LogP) is 7.50. The van der Waals surface area contributed by atoms with E-state index in [0.717, 1.165) is 23.5 Å². The molecule has 3 aromatic heterocycles. The normalized spacial score (nSPS) is 12.2. The van der Waals surface area contributed by atoms with E-state index in [2.05, 4.69) is 85.6 Å². The summed E-state index contributed by atoms with van der Waals surface area (Å²) in [6.07, 6.45) is 5.55. The number of anilines is 1. The van der Waals surface area contributed by atoms with Crippen LogP contribution in [0.5, 0.6) is 0 Å². The largest absolute Gasteiger partial charge is 0.381 e. The number of ketones is 1. The number of carbonyl (C=O) groups excluding carboxylic acids is 1. The van der Waals surface area contributed by atoms with Crippen molar-refractivity contribution in [1.29, 1.82) is 0 Å². The summed E-state index contributed by atoms with van der Waals surface area (Å²) < 4.78 is 1.74. The van der Waals surface area contributed by atoms with Crippen molar-refractivity contribution >= 4 is 34.5 Å². The molecule has 0 saturated heterocycles. The molecule has 0 amide bonds. The molecule has 6 heteroatoms. The summed E-state index contributed by atoms with van der Waals surface area (Å²) in [5.41, 5.74) is 7.89. The second-order valence-corrected chi connectivity index (χ2v) is 11.2. The van der Waals surface area contributed by atoms with E-state index in [-0.39, 0.29) is 11.2 Å². The minimum absolute atomic E-state index is 0.0552. The maximum atomic E-state index is 12.9. The van der Waals surface area contributed by atoms with Gasteiger partial charge in [-0.2, -0.15) is 5.10 Å². The van der Waals surface area contributed by atoms with Crippen LogP contribution in [0.15, 0.2) is 90.1 Å². The van der Waals surface area contributed by atoms with Crippen molar-refractivity contribution in [3.05, 3.63) is 112 Å². The molecular weight excluding hydrogens is 476 g/mol. The van der Waals surface area contributed by atoms with Crippen LogP contribution in [0.4, 0.5) is 5.69 Å². The zero-order valence-corrected chi connectivity index (χ0v) is 22.3. The monoisotopic (exact) mass is 506 g/mol. The van der Waals surface area contributed by atoms with Gasteiger partial charge in [-0.25, -0.2) is 9.50 Å². The first-order valence-corrected chi connectivity index (χ1v) is 13.2. The molecule has 0 radical (unpaired) electrons. The fourth-order valence-electron chi connectivity index (χ4n) is 4.26. The summed E-state index contributed by atoms with van der Waals surface area (Å²) in [4.78, 5) is 18.1. The average Bonchev–Trinajstić information content (AvgIpc) is 3.58. The van der Waals surface area contributed by atoms with E-state index in [0.29, 0.717) is 16.1 Å². The van der Waals surface area contributed by atoms with Gasteiger partial charge in [0.05, 0.1) is 22.3 Å². The van der Waals surface area contributed by atoms with Crippen LogP contribution in [0.1, 0.15) is 54.1 Å². The predicted molar refractivity (Wildman–Crippen MR) is 153 cm³/mol. The highest BCUT2D eigenvalue weighted by Gasteiger charge is 2.18.